The van der Waals surface area contributed by atoms with Crippen LogP contribution in [0.4, 0.5) is 5.82 Å². The highest BCUT2D eigenvalue weighted by Crippen LogP contribution is 2.24. The van der Waals surface area contributed by atoms with Crippen molar-refractivity contribution >= 4 is 40.4 Å². The zero-order valence-electron chi connectivity index (χ0n) is 8.52. The molecule has 2 rings (SSSR count). The van der Waals surface area contributed by atoms with E-state index in [0.29, 0.717) is 10.8 Å². The van der Waals surface area contributed by atoms with E-state index in [9.17, 15) is 0 Å². The molecule has 0 aliphatic heterocycles. The molecule has 0 amide bonds. The first-order valence-electron chi connectivity index (χ1n) is 4.58. The molecular weight excluding hydrogens is 265 g/mol. The Morgan fingerprint density at radius 2 is 2.25 bits per heavy atom. The van der Waals surface area contributed by atoms with Gasteiger partial charge in [-0.2, -0.15) is 4.98 Å². The number of anilines is 1. The minimum Gasteiger partial charge on any atom is -0.353 e. The van der Waals surface area contributed by atoms with Crippen LogP contribution in [-0.2, 0) is 6.54 Å². The molecule has 3 nitrogen and oxygen atoms in total. The maximum atomic E-state index is 6.01. The van der Waals surface area contributed by atoms with Crippen molar-refractivity contribution in [1.29, 1.82) is 0 Å². The third-order valence-electron chi connectivity index (χ3n) is 2.03. The molecule has 0 saturated heterocycles. The van der Waals surface area contributed by atoms with Gasteiger partial charge in [0.1, 0.15) is 5.02 Å². The number of nitrogens with zero attached hydrogens (tertiary/aromatic N) is 3. The van der Waals surface area contributed by atoms with Gasteiger partial charge in [0, 0.05) is 11.9 Å². The Bertz CT molecular complexity index is 473. The van der Waals surface area contributed by atoms with E-state index in [4.69, 9.17) is 23.2 Å². The summed E-state index contributed by atoms with van der Waals surface area (Å²) in [7, 11) is 1.92. The van der Waals surface area contributed by atoms with E-state index < -0.39 is 0 Å². The lowest BCUT2D eigenvalue weighted by atomic mass is 10.4. The molecule has 2 aromatic heterocycles. The molecule has 0 bridgehead atoms. The molecule has 0 spiro atoms. The van der Waals surface area contributed by atoms with Crippen molar-refractivity contribution in [3.8, 4) is 0 Å². The summed E-state index contributed by atoms with van der Waals surface area (Å²) in [5, 5.41) is 2.75. The fourth-order valence-electron chi connectivity index (χ4n) is 1.32. The number of hydrogen-bond acceptors (Lipinski definition) is 4. The van der Waals surface area contributed by atoms with Gasteiger partial charge in [-0.3, -0.25) is 0 Å². The second-order valence-corrected chi connectivity index (χ2v) is 5.02. The zero-order chi connectivity index (χ0) is 11.5. The first-order chi connectivity index (χ1) is 7.66. The van der Waals surface area contributed by atoms with Crippen molar-refractivity contribution in [3.63, 3.8) is 0 Å². The van der Waals surface area contributed by atoms with Gasteiger partial charge in [0.05, 0.1) is 12.7 Å². The molecule has 16 heavy (non-hydrogen) atoms. The maximum absolute atomic E-state index is 6.01. The van der Waals surface area contributed by atoms with Crippen LogP contribution in [0.5, 0.6) is 0 Å². The van der Waals surface area contributed by atoms with Gasteiger partial charge in [-0.05, 0) is 23.0 Å². The van der Waals surface area contributed by atoms with Gasteiger partial charge in [-0.15, -0.1) is 11.3 Å². The van der Waals surface area contributed by atoms with Crippen molar-refractivity contribution in [2.45, 2.75) is 6.54 Å². The minimum atomic E-state index is 0.206. The summed E-state index contributed by atoms with van der Waals surface area (Å²) in [4.78, 5) is 11.1. The molecule has 84 valence electrons. The molecule has 0 aliphatic rings. The maximum Gasteiger partial charge on any atom is 0.224 e. The summed E-state index contributed by atoms with van der Waals surface area (Å²) in [5.41, 5.74) is 0. The molecule has 0 unspecified atom stereocenters. The van der Waals surface area contributed by atoms with E-state index >= 15 is 0 Å². The fourth-order valence-corrected chi connectivity index (χ4v) is 2.44. The Labute approximate surface area is 108 Å². The number of halogens is 2. The molecular formula is C10H9Cl2N3S. The molecule has 0 aliphatic carbocycles. The SMILES string of the molecule is CN(Cc1cccs1)c1nc(Cl)ncc1Cl. The van der Waals surface area contributed by atoms with Gasteiger partial charge in [0.15, 0.2) is 5.82 Å². The van der Waals surface area contributed by atoms with Crippen LogP contribution in [0, 0.1) is 0 Å². The van der Waals surface area contributed by atoms with Gasteiger partial charge < -0.3 is 4.90 Å². The van der Waals surface area contributed by atoms with Crippen LogP contribution < -0.4 is 4.90 Å². The van der Waals surface area contributed by atoms with E-state index in [1.54, 1.807) is 11.3 Å². The predicted molar refractivity (Wildman–Crippen MR) is 68.5 cm³/mol. The van der Waals surface area contributed by atoms with Crippen molar-refractivity contribution < 1.29 is 0 Å². The van der Waals surface area contributed by atoms with Crippen LogP contribution in [0.2, 0.25) is 10.3 Å². The summed E-state index contributed by atoms with van der Waals surface area (Å²) in [6.45, 7) is 0.755. The third kappa shape index (κ3) is 2.64. The molecule has 0 radical (unpaired) electrons. The van der Waals surface area contributed by atoms with Gasteiger partial charge in [-0.25, -0.2) is 4.98 Å². The number of thiophene rings is 1. The Morgan fingerprint density at radius 1 is 1.44 bits per heavy atom. The zero-order valence-corrected chi connectivity index (χ0v) is 10.9. The largest absolute Gasteiger partial charge is 0.353 e. The molecule has 0 fully saturated rings. The van der Waals surface area contributed by atoms with Gasteiger partial charge in [-0.1, -0.05) is 17.7 Å². The van der Waals surface area contributed by atoms with Crippen molar-refractivity contribution in [2.24, 2.45) is 0 Å². The standard InChI is InChI=1S/C10H9Cl2N3S/c1-15(6-7-3-2-4-16-7)9-8(11)5-13-10(12)14-9/h2-5H,6H2,1H3. The molecule has 2 aromatic rings. The molecule has 0 N–H and O–H groups in total. The van der Waals surface area contributed by atoms with Crippen LogP contribution in [-0.4, -0.2) is 17.0 Å². The summed E-state index contributed by atoms with van der Waals surface area (Å²) in [5.74, 6) is 0.648. The second-order valence-electron chi connectivity index (χ2n) is 3.25. The molecule has 6 heteroatoms. The summed E-state index contributed by atoms with van der Waals surface area (Å²) >= 11 is 13.4. The van der Waals surface area contributed by atoms with Crippen molar-refractivity contribution in [1.82, 2.24) is 9.97 Å². The topological polar surface area (TPSA) is 29.0 Å². The van der Waals surface area contributed by atoms with Crippen molar-refractivity contribution in [2.75, 3.05) is 11.9 Å². The van der Waals surface area contributed by atoms with Gasteiger partial charge in [0.2, 0.25) is 5.28 Å². The van der Waals surface area contributed by atoms with Crippen LogP contribution in [0.15, 0.2) is 23.7 Å². The van der Waals surface area contributed by atoms with E-state index in [1.807, 2.05) is 23.4 Å². The monoisotopic (exact) mass is 273 g/mol. The number of aromatic nitrogens is 2. The van der Waals surface area contributed by atoms with Crippen LogP contribution >= 0.6 is 34.5 Å². The summed E-state index contributed by atoms with van der Waals surface area (Å²) in [6, 6.07) is 4.08. The quantitative estimate of drug-likeness (QED) is 0.802. The Hall–Kier alpha value is -0.840. The smallest absolute Gasteiger partial charge is 0.224 e. The average Bonchev–Trinajstić information content (AvgIpc) is 2.74. The number of hydrogen-bond donors (Lipinski definition) is 0. The van der Waals surface area contributed by atoms with Crippen molar-refractivity contribution in [3.05, 3.63) is 38.9 Å². The van der Waals surface area contributed by atoms with Crippen LogP contribution in [0.25, 0.3) is 0 Å². The van der Waals surface area contributed by atoms with Gasteiger partial charge >= 0.3 is 0 Å². The lowest BCUT2D eigenvalue weighted by Crippen LogP contribution is -2.17. The third-order valence-corrected chi connectivity index (χ3v) is 3.34. The van der Waals surface area contributed by atoms with E-state index in [-0.39, 0.29) is 5.28 Å². The fraction of sp³-hybridized carbons (Fsp3) is 0.200. The lowest BCUT2D eigenvalue weighted by molar-refractivity contribution is 0.905. The Balaban J connectivity index is 2.20. The molecule has 0 atom stereocenters. The normalized spacial score (nSPS) is 10.4. The Morgan fingerprint density at radius 3 is 2.94 bits per heavy atom. The summed E-state index contributed by atoms with van der Waals surface area (Å²) in [6.07, 6.45) is 1.51. The molecule has 2 heterocycles. The predicted octanol–water partition coefficient (Wildman–Crippen LogP) is 3.48. The minimum absolute atomic E-state index is 0.206. The molecule has 0 saturated carbocycles. The molecule has 0 aromatic carbocycles. The van der Waals surface area contributed by atoms with Gasteiger partial charge in [0.25, 0.3) is 0 Å². The Kier molecular flexibility index (Phi) is 3.63. The van der Waals surface area contributed by atoms with Crippen LogP contribution in [0.1, 0.15) is 4.88 Å². The first kappa shape index (κ1) is 11.6. The highest BCUT2D eigenvalue weighted by Gasteiger charge is 2.10. The van der Waals surface area contributed by atoms with Crippen LogP contribution in [0.3, 0.4) is 0 Å². The average molecular weight is 274 g/mol. The summed E-state index contributed by atoms with van der Waals surface area (Å²) < 4.78 is 0. The lowest BCUT2D eigenvalue weighted by Gasteiger charge is -2.18. The van der Waals surface area contributed by atoms with E-state index in [1.165, 1.54) is 11.1 Å². The van der Waals surface area contributed by atoms with E-state index in [2.05, 4.69) is 16.0 Å². The van der Waals surface area contributed by atoms with E-state index in [0.717, 1.165) is 6.54 Å². The highest BCUT2D eigenvalue weighted by atomic mass is 35.5. The second kappa shape index (κ2) is 4.99. The highest BCUT2D eigenvalue weighted by molar-refractivity contribution is 7.09. The first-order valence-corrected chi connectivity index (χ1v) is 6.22. The number of rotatable bonds is 3.